The van der Waals surface area contributed by atoms with Crippen LogP contribution < -0.4 is 11.1 Å². The second kappa shape index (κ2) is 13.2. The van der Waals surface area contributed by atoms with Gasteiger partial charge in [-0.15, -0.1) is 24.0 Å². The first-order valence-corrected chi connectivity index (χ1v) is 7.34. The molecule has 0 spiro atoms. The highest BCUT2D eigenvalue weighted by Gasteiger charge is 1.93. The van der Waals surface area contributed by atoms with E-state index in [1.54, 1.807) is 6.20 Å². The van der Waals surface area contributed by atoms with E-state index in [-0.39, 0.29) is 24.0 Å². The number of halogens is 1. The maximum atomic E-state index is 5.78. The summed E-state index contributed by atoms with van der Waals surface area (Å²) < 4.78 is 1.87. The Balaban J connectivity index is 0.00000361. The zero-order chi connectivity index (χ0) is 13.8. The number of nitrogens with one attached hydrogen (secondary N) is 1. The number of hydrogen-bond acceptors (Lipinski definition) is 2. The molecule has 1 heterocycles. The van der Waals surface area contributed by atoms with Gasteiger partial charge in [-0.1, -0.05) is 39.0 Å². The smallest absolute Gasteiger partial charge is 0.188 e. The third-order valence-electron chi connectivity index (χ3n) is 3.00. The second-order valence-corrected chi connectivity index (χ2v) is 4.73. The monoisotopic (exact) mass is 393 g/mol. The zero-order valence-electron chi connectivity index (χ0n) is 12.4. The number of aliphatic imine (C=N–C) groups is 1. The van der Waals surface area contributed by atoms with Gasteiger partial charge in [0.05, 0.1) is 6.54 Å². The molecule has 0 aromatic carbocycles. The van der Waals surface area contributed by atoms with Crippen molar-refractivity contribution < 1.29 is 0 Å². The van der Waals surface area contributed by atoms with E-state index in [1.165, 1.54) is 32.1 Å². The number of guanidine groups is 1. The molecule has 5 nitrogen and oxygen atoms in total. The summed E-state index contributed by atoms with van der Waals surface area (Å²) in [6.07, 6.45) is 11.4. The Hall–Kier alpha value is -0.790. The van der Waals surface area contributed by atoms with Crippen molar-refractivity contribution in [3.8, 4) is 0 Å². The lowest BCUT2D eigenvalue weighted by atomic mass is 10.1. The van der Waals surface area contributed by atoms with E-state index in [0.717, 1.165) is 26.1 Å². The Morgan fingerprint density at radius 2 is 2.00 bits per heavy atom. The summed E-state index contributed by atoms with van der Waals surface area (Å²) in [5.41, 5.74) is 5.78. The summed E-state index contributed by atoms with van der Waals surface area (Å²) in [5.74, 6) is 0.542. The number of hydrogen-bond donors (Lipinski definition) is 2. The maximum absolute atomic E-state index is 5.78. The van der Waals surface area contributed by atoms with Crippen molar-refractivity contribution in [3.05, 3.63) is 18.5 Å². The topological polar surface area (TPSA) is 68.2 Å². The molecule has 0 radical (unpaired) electrons. The average Bonchev–Trinajstić information content (AvgIpc) is 2.91. The maximum Gasteiger partial charge on any atom is 0.188 e. The number of unbranched alkanes of at least 4 members (excludes halogenated alkanes) is 5. The van der Waals surface area contributed by atoms with Gasteiger partial charge in [0.15, 0.2) is 5.96 Å². The molecule has 1 aromatic rings. The van der Waals surface area contributed by atoms with E-state index in [4.69, 9.17) is 5.73 Å². The van der Waals surface area contributed by atoms with Crippen LogP contribution in [0.3, 0.4) is 0 Å². The summed E-state index contributed by atoms with van der Waals surface area (Å²) >= 11 is 0. The molecule has 0 unspecified atom stereocenters. The Morgan fingerprint density at radius 1 is 1.25 bits per heavy atom. The first-order valence-electron chi connectivity index (χ1n) is 7.34. The van der Waals surface area contributed by atoms with Crippen LogP contribution in [0.2, 0.25) is 0 Å². The van der Waals surface area contributed by atoms with Crippen LogP contribution in [0, 0.1) is 0 Å². The van der Waals surface area contributed by atoms with E-state index in [2.05, 4.69) is 22.3 Å². The van der Waals surface area contributed by atoms with Crippen molar-refractivity contribution in [1.29, 1.82) is 0 Å². The minimum absolute atomic E-state index is 0. The van der Waals surface area contributed by atoms with Crippen LogP contribution in [0.1, 0.15) is 45.4 Å². The largest absolute Gasteiger partial charge is 0.370 e. The van der Waals surface area contributed by atoms with Crippen molar-refractivity contribution in [2.75, 3.05) is 13.1 Å². The minimum atomic E-state index is 0. The van der Waals surface area contributed by atoms with Gasteiger partial charge in [0.1, 0.15) is 0 Å². The van der Waals surface area contributed by atoms with Crippen LogP contribution >= 0.6 is 24.0 Å². The van der Waals surface area contributed by atoms with Gasteiger partial charge in [0.2, 0.25) is 0 Å². The standard InChI is InChI=1S/C14H27N5.HI/c1-2-3-4-5-6-7-9-16-14(15)17-11-13-19-12-8-10-18-19;/h8,10,12H,2-7,9,11,13H2,1H3,(H3,15,16,17);1H. The summed E-state index contributed by atoms with van der Waals surface area (Å²) in [6.45, 7) is 4.63. The summed E-state index contributed by atoms with van der Waals surface area (Å²) in [7, 11) is 0. The van der Waals surface area contributed by atoms with Crippen molar-refractivity contribution in [2.45, 2.75) is 52.0 Å². The highest BCUT2D eigenvalue weighted by atomic mass is 127. The van der Waals surface area contributed by atoms with Crippen LogP contribution in [0.5, 0.6) is 0 Å². The quantitative estimate of drug-likeness (QED) is 0.278. The molecular formula is C14H28IN5. The normalized spacial score (nSPS) is 11.2. The van der Waals surface area contributed by atoms with Gasteiger partial charge in [0.25, 0.3) is 0 Å². The van der Waals surface area contributed by atoms with Gasteiger partial charge in [-0.3, -0.25) is 9.67 Å². The average molecular weight is 393 g/mol. The summed E-state index contributed by atoms with van der Waals surface area (Å²) in [4.78, 5) is 4.31. The molecule has 1 aromatic heterocycles. The molecule has 0 saturated carbocycles. The number of nitrogens with two attached hydrogens (primary N) is 1. The first kappa shape index (κ1) is 19.2. The second-order valence-electron chi connectivity index (χ2n) is 4.73. The van der Waals surface area contributed by atoms with Gasteiger partial charge in [-0.25, -0.2) is 0 Å². The molecule has 0 atom stereocenters. The highest BCUT2D eigenvalue weighted by Crippen LogP contribution is 2.04. The Bertz CT molecular complexity index is 337. The third-order valence-corrected chi connectivity index (χ3v) is 3.00. The minimum Gasteiger partial charge on any atom is -0.370 e. The predicted octanol–water partition coefficient (Wildman–Crippen LogP) is 2.77. The Labute approximate surface area is 139 Å². The van der Waals surface area contributed by atoms with E-state index in [9.17, 15) is 0 Å². The molecule has 0 bridgehead atoms. The molecule has 0 fully saturated rings. The molecule has 6 heteroatoms. The van der Waals surface area contributed by atoms with E-state index in [0.29, 0.717) is 5.96 Å². The number of nitrogens with zero attached hydrogens (tertiary/aromatic N) is 3. The van der Waals surface area contributed by atoms with Crippen LogP contribution in [-0.2, 0) is 6.54 Å². The molecule has 0 aliphatic carbocycles. The van der Waals surface area contributed by atoms with Gasteiger partial charge in [-0.2, -0.15) is 5.10 Å². The fraction of sp³-hybridized carbons (Fsp3) is 0.714. The summed E-state index contributed by atoms with van der Waals surface area (Å²) in [6, 6.07) is 1.91. The van der Waals surface area contributed by atoms with E-state index >= 15 is 0 Å². The molecule has 116 valence electrons. The lowest BCUT2D eigenvalue weighted by Gasteiger charge is -2.05. The molecule has 3 N–H and O–H groups in total. The Kier molecular flexibility index (Phi) is 12.7. The number of aromatic nitrogens is 2. The Morgan fingerprint density at radius 3 is 2.70 bits per heavy atom. The third kappa shape index (κ3) is 10.1. The van der Waals surface area contributed by atoms with Crippen LogP contribution in [0.15, 0.2) is 23.5 Å². The number of rotatable bonds is 10. The fourth-order valence-electron chi connectivity index (χ4n) is 1.88. The fourth-order valence-corrected chi connectivity index (χ4v) is 1.88. The molecular weight excluding hydrogens is 365 g/mol. The summed E-state index contributed by atoms with van der Waals surface area (Å²) in [5, 5.41) is 7.22. The zero-order valence-corrected chi connectivity index (χ0v) is 14.8. The van der Waals surface area contributed by atoms with E-state index < -0.39 is 0 Å². The highest BCUT2D eigenvalue weighted by molar-refractivity contribution is 14.0. The van der Waals surface area contributed by atoms with Crippen LogP contribution in [-0.4, -0.2) is 28.8 Å². The van der Waals surface area contributed by atoms with Crippen molar-refractivity contribution in [3.63, 3.8) is 0 Å². The van der Waals surface area contributed by atoms with E-state index in [1.807, 2.05) is 16.9 Å². The SMILES string of the molecule is CCCCCCCCN=C(N)NCCn1cccn1.I. The predicted molar refractivity (Wildman–Crippen MR) is 95.5 cm³/mol. The van der Waals surface area contributed by atoms with Crippen LogP contribution in [0.25, 0.3) is 0 Å². The van der Waals surface area contributed by atoms with Crippen molar-refractivity contribution in [1.82, 2.24) is 15.1 Å². The van der Waals surface area contributed by atoms with Crippen molar-refractivity contribution >= 4 is 29.9 Å². The molecule has 0 amide bonds. The van der Waals surface area contributed by atoms with Gasteiger partial charge in [-0.05, 0) is 12.5 Å². The van der Waals surface area contributed by atoms with Crippen molar-refractivity contribution in [2.24, 2.45) is 10.7 Å². The molecule has 1 rings (SSSR count). The molecule has 0 saturated heterocycles. The lowest BCUT2D eigenvalue weighted by molar-refractivity contribution is 0.598. The molecule has 0 aliphatic heterocycles. The lowest BCUT2D eigenvalue weighted by Crippen LogP contribution is -2.34. The first-order chi connectivity index (χ1) is 9.33. The molecule has 20 heavy (non-hydrogen) atoms. The van der Waals surface area contributed by atoms with Gasteiger partial charge < -0.3 is 11.1 Å². The molecule has 0 aliphatic rings. The van der Waals surface area contributed by atoms with Gasteiger partial charge in [0, 0.05) is 25.5 Å². The van der Waals surface area contributed by atoms with Crippen LogP contribution in [0.4, 0.5) is 0 Å². The van der Waals surface area contributed by atoms with Gasteiger partial charge >= 0.3 is 0 Å².